The molecule has 0 fully saturated rings. The van der Waals surface area contributed by atoms with Crippen molar-refractivity contribution in [2.45, 2.75) is 13.3 Å². The Bertz CT molecular complexity index is 473. The number of methoxy groups -OCH3 is 2. The van der Waals surface area contributed by atoms with E-state index in [1.807, 2.05) is 6.92 Å². The Morgan fingerprint density at radius 2 is 2.00 bits per heavy atom. The fourth-order valence-electron chi connectivity index (χ4n) is 1.49. The maximum Gasteiger partial charge on any atom is 0.341 e. The summed E-state index contributed by atoms with van der Waals surface area (Å²) in [6.07, 6.45) is 0.846. The Kier molecular flexibility index (Phi) is 6.36. The van der Waals surface area contributed by atoms with E-state index >= 15 is 0 Å². The highest BCUT2D eigenvalue weighted by Crippen LogP contribution is 2.25. The van der Waals surface area contributed by atoms with Crippen LogP contribution in [0.2, 0.25) is 0 Å². The largest absolute Gasteiger partial charge is 0.497 e. The molecule has 1 aromatic rings. The lowest BCUT2D eigenvalue weighted by Gasteiger charge is -2.11. The number of hydrogen-bond donors (Lipinski definition) is 1. The van der Waals surface area contributed by atoms with Crippen LogP contribution in [0.25, 0.3) is 0 Å². The summed E-state index contributed by atoms with van der Waals surface area (Å²) in [6, 6.07) is 4.69. The summed E-state index contributed by atoms with van der Waals surface area (Å²) in [6.45, 7) is 2.37. The Morgan fingerprint density at radius 1 is 1.25 bits per heavy atom. The topological polar surface area (TPSA) is 73.9 Å². The van der Waals surface area contributed by atoms with E-state index in [1.165, 1.54) is 20.3 Å². The molecule has 6 heteroatoms. The number of carbonyl (C=O) groups excluding carboxylic acids is 2. The molecule has 1 aromatic carbocycles. The Balaban J connectivity index is 2.80. The summed E-state index contributed by atoms with van der Waals surface area (Å²) >= 11 is 0. The van der Waals surface area contributed by atoms with Crippen molar-refractivity contribution in [3.8, 4) is 11.5 Å². The molecule has 20 heavy (non-hydrogen) atoms. The SMILES string of the molecule is CCCNC(=O)COc1cc(OC)ccc1C(=O)OC. The third kappa shape index (κ3) is 4.46. The second-order valence-electron chi connectivity index (χ2n) is 3.99. The first kappa shape index (κ1) is 15.8. The van der Waals surface area contributed by atoms with Crippen molar-refractivity contribution in [1.29, 1.82) is 0 Å². The van der Waals surface area contributed by atoms with Crippen LogP contribution in [0.1, 0.15) is 23.7 Å². The van der Waals surface area contributed by atoms with E-state index < -0.39 is 5.97 Å². The van der Waals surface area contributed by atoms with Crippen LogP contribution in [0, 0.1) is 0 Å². The fourth-order valence-corrected chi connectivity index (χ4v) is 1.49. The predicted octanol–water partition coefficient (Wildman–Crippen LogP) is 1.39. The van der Waals surface area contributed by atoms with Crippen LogP contribution < -0.4 is 14.8 Å². The van der Waals surface area contributed by atoms with E-state index in [0.29, 0.717) is 12.3 Å². The molecule has 6 nitrogen and oxygen atoms in total. The minimum Gasteiger partial charge on any atom is -0.497 e. The minimum atomic E-state index is -0.531. The van der Waals surface area contributed by atoms with Crippen molar-refractivity contribution in [2.75, 3.05) is 27.4 Å². The number of nitrogens with one attached hydrogen (secondary N) is 1. The number of rotatable bonds is 7. The van der Waals surface area contributed by atoms with E-state index in [9.17, 15) is 9.59 Å². The van der Waals surface area contributed by atoms with Gasteiger partial charge in [-0.2, -0.15) is 0 Å². The highest BCUT2D eigenvalue weighted by atomic mass is 16.5. The molecule has 0 heterocycles. The summed E-state index contributed by atoms with van der Waals surface area (Å²) in [5.41, 5.74) is 0.247. The van der Waals surface area contributed by atoms with Gasteiger partial charge in [-0.1, -0.05) is 6.92 Å². The quantitative estimate of drug-likeness (QED) is 0.764. The van der Waals surface area contributed by atoms with E-state index in [2.05, 4.69) is 10.1 Å². The minimum absolute atomic E-state index is 0.169. The molecule has 0 aliphatic heterocycles. The second-order valence-corrected chi connectivity index (χ2v) is 3.99. The van der Waals surface area contributed by atoms with Crippen LogP contribution in [0.4, 0.5) is 0 Å². The van der Waals surface area contributed by atoms with Crippen molar-refractivity contribution < 1.29 is 23.8 Å². The summed E-state index contributed by atoms with van der Waals surface area (Å²) in [5, 5.41) is 2.68. The lowest BCUT2D eigenvalue weighted by atomic mass is 10.2. The highest BCUT2D eigenvalue weighted by Gasteiger charge is 2.15. The van der Waals surface area contributed by atoms with Crippen molar-refractivity contribution in [3.63, 3.8) is 0 Å². The summed E-state index contributed by atoms with van der Waals surface area (Å²) in [7, 11) is 2.79. The average molecular weight is 281 g/mol. The van der Waals surface area contributed by atoms with Crippen molar-refractivity contribution in [2.24, 2.45) is 0 Å². The van der Waals surface area contributed by atoms with Crippen LogP contribution in [-0.2, 0) is 9.53 Å². The van der Waals surface area contributed by atoms with Gasteiger partial charge in [-0.05, 0) is 18.6 Å². The zero-order chi connectivity index (χ0) is 15.0. The fraction of sp³-hybridized carbons (Fsp3) is 0.429. The molecule has 0 unspecified atom stereocenters. The molecule has 1 amide bonds. The molecule has 0 spiro atoms. The molecule has 110 valence electrons. The van der Waals surface area contributed by atoms with Gasteiger partial charge in [0.2, 0.25) is 0 Å². The Labute approximate surface area is 118 Å². The molecule has 0 aliphatic carbocycles. The maximum atomic E-state index is 11.6. The zero-order valence-electron chi connectivity index (χ0n) is 11.9. The van der Waals surface area contributed by atoms with E-state index in [1.54, 1.807) is 12.1 Å². The highest BCUT2D eigenvalue weighted by molar-refractivity contribution is 5.92. The van der Waals surface area contributed by atoms with Crippen LogP contribution in [0.3, 0.4) is 0 Å². The van der Waals surface area contributed by atoms with Crippen LogP contribution in [0.15, 0.2) is 18.2 Å². The number of benzene rings is 1. The maximum absolute atomic E-state index is 11.6. The first-order valence-electron chi connectivity index (χ1n) is 6.28. The van der Waals surface area contributed by atoms with Gasteiger partial charge in [0.05, 0.1) is 14.2 Å². The van der Waals surface area contributed by atoms with Gasteiger partial charge in [-0.25, -0.2) is 4.79 Å². The Morgan fingerprint density at radius 3 is 2.60 bits per heavy atom. The van der Waals surface area contributed by atoms with Gasteiger partial charge in [0.15, 0.2) is 6.61 Å². The third-order valence-corrected chi connectivity index (χ3v) is 2.53. The van der Waals surface area contributed by atoms with Gasteiger partial charge in [0, 0.05) is 12.6 Å². The molecule has 0 bridgehead atoms. The first-order chi connectivity index (χ1) is 9.62. The standard InChI is InChI=1S/C14H19NO5/c1-4-7-15-13(16)9-20-12-8-10(18-2)5-6-11(12)14(17)19-3/h5-6,8H,4,7,9H2,1-3H3,(H,15,16). The lowest BCUT2D eigenvalue weighted by Crippen LogP contribution is -2.29. The molecule has 0 aromatic heterocycles. The summed E-state index contributed by atoms with van der Waals surface area (Å²) < 4.78 is 15.1. The second kappa shape index (κ2) is 8.04. The summed E-state index contributed by atoms with van der Waals surface area (Å²) in [5.74, 6) is 0.00609. The molecule has 0 saturated carbocycles. The number of amides is 1. The zero-order valence-corrected chi connectivity index (χ0v) is 11.9. The molecular weight excluding hydrogens is 262 g/mol. The molecular formula is C14H19NO5. The van der Waals surface area contributed by atoms with E-state index in [0.717, 1.165) is 6.42 Å². The number of ether oxygens (including phenoxy) is 3. The van der Waals surface area contributed by atoms with E-state index in [-0.39, 0.29) is 23.8 Å². The smallest absolute Gasteiger partial charge is 0.341 e. The van der Waals surface area contributed by atoms with Crippen LogP contribution in [-0.4, -0.2) is 39.2 Å². The third-order valence-electron chi connectivity index (χ3n) is 2.53. The van der Waals surface area contributed by atoms with Gasteiger partial charge in [0.1, 0.15) is 17.1 Å². The monoisotopic (exact) mass is 281 g/mol. The molecule has 0 saturated heterocycles. The van der Waals surface area contributed by atoms with Gasteiger partial charge in [0.25, 0.3) is 5.91 Å². The van der Waals surface area contributed by atoms with Gasteiger partial charge in [-0.3, -0.25) is 4.79 Å². The molecule has 0 radical (unpaired) electrons. The molecule has 0 aliphatic rings. The molecule has 1 N–H and O–H groups in total. The van der Waals surface area contributed by atoms with Crippen LogP contribution in [0.5, 0.6) is 11.5 Å². The van der Waals surface area contributed by atoms with Crippen LogP contribution >= 0.6 is 0 Å². The Hall–Kier alpha value is -2.24. The summed E-state index contributed by atoms with van der Waals surface area (Å²) in [4.78, 5) is 23.1. The number of hydrogen-bond acceptors (Lipinski definition) is 5. The van der Waals surface area contributed by atoms with Crippen molar-refractivity contribution in [3.05, 3.63) is 23.8 Å². The number of carbonyl (C=O) groups is 2. The van der Waals surface area contributed by atoms with E-state index in [4.69, 9.17) is 9.47 Å². The van der Waals surface area contributed by atoms with Gasteiger partial charge in [-0.15, -0.1) is 0 Å². The van der Waals surface area contributed by atoms with Gasteiger partial charge >= 0.3 is 5.97 Å². The molecule has 0 atom stereocenters. The first-order valence-corrected chi connectivity index (χ1v) is 6.28. The lowest BCUT2D eigenvalue weighted by molar-refractivity contribution is -0.123. The van der Waals surface area contributed by atoms with Gasteiger partial charge < -0.3 is 19.5 Å². The number of esters is 1. The van der Waals surface area contributed by atoms with Crippen molar-refractivity contribution in [1.82, 2.24) is 5.32 Å². The predicted molar refractivity (Wildman–Crippen MR) is 73.1 cm³/mol. The normalized spacial score (nSPS) is 9.75. The average Bonchev–Trinajstić information content (AvgIpc) is 2.49. The van der Waals surface area contributed by atoms with Crippen molar-refractivity contribution >= 4 is 11.9 Å². The molecule has 1 rings (SSSR count).